The van der Waals surface area contributed by atoms with Crippen LogP contribution >= 0.6 is 0 Å². The van der Waals surface area contributed by atoms with E-state index >= 15 is 0 Å². The van der Waals surface area contributed by atoms with Crippen molar-refractivity contribution in [3.8, 4) is 22.3 Å². The minimum Gasteiger partial charge on any atom is -0.352 e. The van der Waals surface area contributed by atoms with Crippen molar-refractivity contribution in [1.29, 1.82) is 0 Å². The summed E-state index contributed by atoms with van der Waals surface area (Å²) in [5, 5.41) is 8.43. The van der Waals surface area contributed by atoms with Crippen LogP contribution in [0.1, 0.15) is 18.1 Å². The summed E-state index contributed by atoms with van der Waals surface area (Å²) in [7, 11) is 0. The Morgan fingerprint density at radius 3 is 2.56 bits per heavy atom. The largest absolute Gasteiger partial charge is 0.352 e. The van der Waals surface area contributed by atoms with Gasteiger partial charge in [-0.15, -0.1) is 0 Å². The van der Waals surface area contributed by atoms with Crippen LogP contribution in [0.4, 0.5) is 0 Å². The molecule has 0 saturated heterocycles. The standard InChI is InChI=1S/C26H23N5O/c1-18(32)27-12-19-7-9-21(10-8-19)22-11-24-25(15-29-26(24)28-13-22)23-14-30-31(17-23)16-20-5-3-2-4-6-20/h2-11,13-15,17H,12,16H2,1H3,(H,27,32)(H,28,29). The van der Waals surface area contributed by atoms with E-state index in [1.54, 1.807) is 0 Å². The summed E-state index contributed by atoms with van der Waals surface area (Å²) in [5.74, 6) is -0.0317. The van der Waals surface area contributed by atoms with Gasteiger partial charge in [-0.2, -0.15) is 5.10 Å². The van der Waals surface area contributed by atoms with Crippen molar-refractivity contribution in [3.63, 3.8) is 0 Å². The fourth-order valence-electron chi connectivity index (χ4n) is 3.80. The number of benzene rings is 2. The Hall–Kier alpha value is -4.19. The van der Waals surface area contributed by atoms with E-state index in [0.717, 1.165) is 45.4 Å². The van der Waals surface area contributed by atoms with Crippen LogP contribution in [0.15, 0.2) is 85.5 Å². The fraction of sp³-hybridized carbons (Fsp3) is 0.115. The quantitative estimate of drug-likeness (QED) is 0.414. The van der Waals surface area contributed by atoms with Gasteiger partial charge in [-0.05, 0) is 22.8 Å². The zero-order valence-electron chi connectivity index (χ0n) is 17.7. The lowest BCUT2D eigenvalue weighted by molar-refractivity contribution is -0.119. The lowest BCUT2D eigenvalue weighted by Gasteiger charge is -2.06. The van der Waals surface area contributed by atoms with Gasteiger partial charge in [-0.25, -0.2) is 4.98 Å². The average Bonchev–Trinajstić information content (AvgIpc) is 3.45. The molecule has 0 radical (unpaired) electrons. The third-order valence-electron chi connectivity index (χ3n) is 5.49. The van der Waals surface area contributed by atoms with Crippen LogP contribution in [0.2, 0.25) is 0 Å². The van der Waals surface area contributed by atoms with E-state index in [1.165, 1.54) is 12.5 Å². The molecule has 5 aromatic rings. The maximum atomic E-state index is 11.1. The monoisotopic (exact) mass is 421 g/mol. The van der Waals surface area contributed by atoms with Crippen LogP contribution in [0.5, 0.6) is 0 Å². The zero-order valence-corrected chi connectivity index (χ0v) is 17.7. The number of amides is 1. The van der Waals surface area contributed by atoms with E-state index in [4.69, 9.17) is 0 Å². The molecule has 0 aliphatic rings. The first-order valence-electron chi connectivity index (χ1n) is 10.5. The lowest BCUT2D eigenvalue weighted by Crippen LogP contribution is -2.18. The molecule has 0 spiro atoms. The Morgan fingerprint density at radius 1 is 0.969 bits per heavy atom. The van der Waals surface area contributed by atoms with E-state index in [-0.39, 0.29) is 5.91 Å². The number of carbonyl (C=O) groups is 1. The van der Waals surface area contributed by atoms with E-state index in [9.17, 15) is 4.79 Å². The number of aromatic nitrogens is 4. The minimum atomic E-state index is -0.0317. The molecule has 0 aliphatic heterocycles. The molecule has 0 aliphatic carbocycles. The summed E-state index contributed by atoms with van der Waals surface area (Å²) in [6, 6.07) is 20.6. The van der Waals surface area contributed by atoms with Crippen molar-refractivity contribution in [2.24, 2.45) is 0 Å². The van der Waals surface area contributed by atoms with Gasteiger partial charge in [-0.3, -0.25) is 9.48 Å². The highest BCUT2D eigenvalue weighted by molar-refractivity contribution is 5.95. The third kappa shape index (κ3) is 4.16. The predicted molar refractivity (Wildman–Crippen MR) is 126 cm³/mol. The van der Waals surface area contributed by atoms with Crippen molar-refractivity contribution >= 4 is 16.9 Å². The Balaban J connectivity index is 1.41. The molecule has 2 aromatic carbocycles. The van der Waals surface area contributed by atoms with Crippen LogP contribution in [0, 0.1) is 0 Å². The van der Waals surface area contributed by atoms with Crippen LogP contribution in [0.3, 0.4) is 0 Å². The second-order valence-electron chi connectivity index (χ2n) is 7.84. The molecule has 6 heteroatoms. The number of fused-ring (bicyclic) bond motifs is 1. The SMILES string of the molecule is CC(=O)NCc1ccc(-c2cnc3[nH]cc(-c4cnn(Cc5ccccc5)c4)c3c2)cc1. The molecular formula is C26H23N5O. The predicted octanol–water partition coefficient (Wildman–Crippen LogP) is 4.78. The van der Waals surface area contributed by atoms with E-state index in [0.29, 0.717) is 6.54 Å². The number of nitrogens with one attached hydrogen (secondary N) is 2. The average molecular weight is 422 g/mol. The number of carbonyl (C=O) groups excluding carboxylic acids is 1. The molecule has 5 rings (SSSR count). The summed E-state index contributed by atoms with van der Waals surface area (Å²) in [6.07, 6.45) is 7.83. The number of hydrogen-bond donors (Lipinski definition) is 2. The topological polar surface area (TPSA) is 75.6 Å². The van der Waals surface area contributed by atoms with Crippen molar-refractivity contribution in [2.45, 2.75) is 20.0 Å². The molecule has 0 fully saturated rings. The highest BCUT2D eigenvalue weighted by Gasteiger charge is 2.11. The number of nitrogens with zero attached hydrogens (tertiary/aromatic N) is 3. The smallest absolute Gasteiger partial charge is 0.217 e. The molecule has 0 atom stereocenters. The first-order valence-corrected chi connectivity index (χ1v) is 10.5. The Labute approximate surface area is 185 Å². The molecule has 158 valence electrons. The summed E-state index contributed by atoms with van der Waals surface area (Å²) in [5.41, 5.74) is 7.38. The zero-order chi connectivity index (χ0) is 21.9. The molecule has 1 amide bonds. The van der Waals surface area contributed by atoms with Gasteiger partial charge in [0, 0.05) is 54.1 Å². The van der Waals surface area contributed by atoms with Gasteiger partial charge in [0.2, 0.25) is 5.91 Å². The van der Waals surface area contributed by atoms with Gasteiger partial charge in [0.15, 0.2) is 0 Å². The summed E-state index contributed by atoms with van der Waals surface area (Å²) >= 11 is 0. The van der Waals surface area contributed by atoms with Gasteiger partial charge in [0.05, 0.1) is 12.7 Å². The number of pyridine rings is 1. The van der Waals surface area contributed by atoms with E-state index < -0.39 is 0 Å². The van der Waals surface area contributed by atoms with Gasteiger partial charge < -0.3 is 10.3 Å². The number of hydrogen-bond acceptors (Lipinski definition) is 3. The first-order chi connectivity index (χ1) is 15.7. The number of aromatic amines is 1. The van der Waals surface area contributed by atoms with Crippen LogP contribution in [0.25, 0.3) is 33.3 Å². The van der Waals surface area contributed by atoms with Gasteiger partial charge in [0.1, 0.15) is 5.65 Å². The molecule has 3 heterocycles. The van der Waals surface area contributed by atoms with E-state index in [1.807, 2.05) is 53.6 Å². The number of H-pyrrole nitrogens is 1. The molecule has 3 aromatic heterocycles. The lowest BCUT2D eigenvalue weighted by atomic mass is 10.0. The Kier molecular flexibility index (Phi) is 5.25. The van der Waals surface area contributed by atoms with E-state index in [2.05, 4.69) is 56.9 Å². The van der Waals surface area contributed by atoms with Gasteiger partial charge >= 0.3 is 0 Å². The molecular weight excluding hydrogens is 398 g/mol. The van der Waals surface area contributed by atoms with Crippen molar-refractivity contribution in [1.82, 2.24) is 25.1 Å². The Morgan fingerprint density at radius 2 is 1.78 bits per heavy atom. The summed E-state index contributed by atoms with van der Waals surface area (Å²) < 4.78 is 1.95. The number of rotatable bonds is 6. The first kappa shape index (κ1) is 19.8. The third-order valence-corrected chi connectivity index (χ3v) is 5.49. The van der Waals surface area contributed by atoms with Gasteiger partial charge in [-0.1, -0.05) is 54.6 Å². The normalized spacial score (nSPS) is 11.0. The van der Waals surface area contributed by atoms with Crippen molar-refractivity contribution in [3.05, 3.63) is 96.6 Å². The highest BCUT2D eigenvalue weighted by atomic mass is 16.1. The van der Waals surface area contributed by atoms with Crippen molar-refractivity contribution in [2.75, 3.05) is 0 Å². The molecule has 32 heavy (non-hydrogen) atoms. The summed E-state index contributed by atoms with van der Waals surface area (Å²) in [6.45, 7) is 2.79. The molecule has 6 nitrogen and oxygen atoms in total. The maximum absolute atomic E-state index is 11.1. The Bertz CT molecular complexity index is 1370. The second kappa shape index (κ2) is 8.51. The second-order valence-corrected chi connectivity index (χ2v) is 7.84. The summed E-state index contributed by atoms with van der Waals surface area (Å²) in [4.78, 5) is 19.0. The molecule has 2 N–H and O–H groups in total. The molecule has 0 bridgehead atoms. The fourth-order valence-corrected chi connectivity index (χ4v) is 3.80. The minimum absolute atomic E-state index is 0.0317. The highest BCUT2D eigenvalue weighted by Crippen LogP contribution is 2.31. The van der Waals surface area contributed by atoms with Gasteiger partial charge in [0.25, 0.3) is 0 Å². The molecule has 0 unspecified atom stereocenters. The van der Waals surface area contributed by atoms with Crippen LogP contribution in [-0.2, 0) is 17.9 Å². The van der Waals surface area contributed by atoms with Crippen molar-refractivity contribution < 1.29 is 4.79 Å². The molecule has 0 saturated carbocycles. The van der Waals surface area contributed by atoms with Crippen LogP contribution < -0.4 is 5.32 Å². The maximum Gasteiger partial charge on any atom is 0.217 e. The van der Waals surface area contributed by atoms with Crippen LogP contribution in [-0.4, -0.2) is 25.7 Å².